The van der Waals surface area contributed by atoms with Gasteiger partial charge in [-0.05, 0) is 38.5 Å². The van der Waals surface area contributed by atoms with E-state index < -0.39 is 10.7 Å². The number of hydrogen-bond acceptors (Lipinski definition) is 3. The van der Waals surface area contributed by atoms with E-state index in [4.69, 9.17) is 0 Å². The maximum absolute atomic E-state index is 11.0. The highest BCUT2D eigenvalue weighted by molar-refractivity contribution is 7.72. The predicted octanol–water partition coefficient (Wildman–Crippen LogP) is 1.81. The van der Waals surface area contributed by atoms with Crippen molar-refractivity contribution >= 4 is 16.4 Å². The van der Waals surface area contributed by atoms with Crippen molar-refractivity contribution in [3.63, 3.8) is 0 Å². The van der Waals surface area contributed by atoms with E-state index >= 15 is 0 Å². The van der Waals surface area contributed by atoms with E-state index in [1.54, 1.807) is 12.1 Å². The van der Waals surface area contributed by atoms with Gasteiger partial charge in [0.05, 0.1) is 4.90 Å². The zero-order valence-corrected chi connectivity index (χ0v) is 10.3. The van der Waals surface area contributed by atoms with Gasteiger partial charge in [0.15, 0.2) is 10.7 Å². The first kappa shape index (κ1) is 12.0. The van der Waals surface area contributed by atoms with Crippen LogP contribution in [0.25, 0.3) is 0 Å². The van der Waals surface area contributed by atoms with Crippen molar-refractivity contribution in [1.82, 2.24) is 0 Å². The highest BCUT2D eigenvalue weighted by atomic mass is 32.2. The molecular formula is C11H17NO2S. The third-order valence-electron chi connectivity index (χ3n) is 2.58. The minimum absolute atomic E-state index is 0.425. The van der Waals surface area contributed by atoms with Crippen molar-refractivity contribution in [3.8, 4) is 0 Å². The van der Waals surface area contributed by atoms with Gasteiger partial charge < -0.3 is 4.90 Å². The van der Waals surface area contributed by atoms with Crippen molar-refractivity contribution in [2.45, 2.75) is 25.7 Å². The van der Waals surface area contributed by atoms with E-state index in [0.29, 0.717) is 4.90 Å². The van der Waals surface area contributed by atoms with Gasteiger partial charge in [-0.2, -0.15) is 0 Å². The van der Waals surface area contributed by atoms with Crippen molar-refractivity contribution in [3.05, 3.63) is 23.8 Å². The molecule has 0 fully saturated rings. The standard InChI is InChI=1S/C11H17NO2S/c1-4-12(5-2)10-7-6-8-11(9(10)3)15(13)14/h6-8,15H,4-5H2,1-3H3. The molecule has 0 N–H and O–H groups in total. The minimum atomic E-state index is -2.49. The molecule has 0 saturated heterocycles. The van der Waals surface area contributed by atoms with Gasteiger partial charge >= 0.3 is 0 Å². The van der Waals surface area contributed by atoms with Crippen LogP contribution in [0.3, 0.4) is 0 Å². The molecule has 0 aliphatic rings. The molecule has 0 heterocycles. The summed E-state index contributed by atoms with van der Waals surface area (Å²) < 4.78 is 22.0. The van der Waals surface area contributed by atoms with Gasteiger partial charge in [0.1, 0.15) is 0 Å². The smallest absolute Gasteiger partial charge is 0.168 e. The summed E-state index contributed by atoms with van der Waals surface area (Å²) >= 11 is 0. The number of rotatable bonds is 4. The van der Waals surface area contributed by atoms with Gasteiger partial charge in [0.2, 0.25) is 0 Å². The Morgan fingerprint density at radius 1 is 1.20 bits per heavy atom. The average molecular weight is 227 g/mol. The van der Waals surface area contributed by atoms with E-state index in [2.05, 4.69) is 18.7 Å². The van der Waals surface area contributed by atoms with Crippen LogP contribution in [0.5, 0.6) is 0 Å². The number of anilines is 1. The molecule has 0 bridgehead atoms. The van der Waals surface area contributed by atoms with Crippen LogP contribution in [-0.2, 0) is 10.7 Å². The lowest BCUT2D eigenvalue weighted by atomic mass is 10.2. The Labute approximate surface area is 92.7 Å². The second-order valence-corrected chi connectivity index (χ2v) is 4.35. The summed E-state index contributed by atoms with van der Waals surface area (Å²) in [6.07, 6.45) is 0. The van der Waals surface area contributed by atoms with Crippen LogP contribution in [0.1, 0.15) is 19.4 Å². The van der Waals surface area contributed by atoms with Gasteiger partial charge in [-0.15, -0.1) is 0 Å². The average Bonchev–Trinajstić information content (AvgIpc) is 2.21. The number of benzene rings is 1. The number of hydrogen-bond donors (Lipinski definition) is 1. The zero-order valence-electron chi connectivity index (χ0n) is 9.36. The van der Waals surface area contributed by atoms with Crippen LogP contribution in [0.4, 0.5) is 5.69 Å². The van der Waals surface area contributed by atoms with E-state index in [1.807, 2.05) is 13.0 Å². The van der Waals surface area contributed by atoms with Crippen molar-refractivity contribution in [2.75, 3.05) is 18.0 Å². The minimum Gasteiger partial charge on any atom is -0.372 e. The Morgan fingerprint density at radius 3 is 2.27 bits per heavy atom. The first-order valence-corrected chi connectivity index (χ1v) is 6.28. The molecule has 0 atom stereocenters. The summed E-state index contributed by atoms with van der Waals surface area (Å²) in [5.41, 5.74) is 1.86. The first-order chi connectivity index (χ1) is 7.11. The highest BCUT2D eigenvalue weighted by Gasteiger charge is 2.09. The monoisotopic (exact) mass is 227 g/mol. The molecule has 1 aromatic rings. The summed E-state index contributed by atoms with van der Waals surface area (Å²) in [5.74, 6) is 0. The molecule has 0 aromatic heterocycles. The Kier molecular flexibility index (Phi) is 4.15. The maximum atomic E-state index is 11.0. The SMILES string of the molecule is CCN(CC)c1cccc([SH](=O)=O)c1C. The van der Waals surface area contributed by atoms with E-state index in [0.717, 1.165) is 24.3 Å². The topological polar surface area (TPSA) is 37.4 Å². The maximum Gasteiger partial charge on any atom is 0.168 e. The van der Waals surface area contributed by atoms with Crippen molar-refractivity contribution in [1.29, 1.82) is 0 Å². The molecule has 4 heteroatoms. The molecule has 0 unspecified atom stereocenters. The number of nitrogens with zero attached hydrogens (tertiary/aromatic N) is 1. The summed E-state index contributed by atoms with van der Waals surface area (Å²) in [4.78, 5) is 2.58. The van der Waals surface area contributed by atoms with Gasteiger partial charge in [-0.25, -0.2) is 8.42 Å². The molecule has 1 aromatic carbocycles. The van der Waals surface area contributed by atoms with Gasteiger partial charge in [-0.1, -0.05) is 6.07 Å². The fourth-order valence-corrected chi connectivity index (χ4v) is 2.31. The Bertz CT molecular complexity index is 401. The lowest BCUT2D eigenvalue weighted by Gasteiger charge is -2.23. The van der Waals surface area contributed by atoms with Crippen LogP contribution in [0.2, 0.25) is 0 Å². The van der Waals surface area contributed by atoms with Crippen LogP contribution >= 0.6 is 0 Å². The van der Waals surface area contributed by atoms with Gasteiger partial charge in [0, 0.05) is 18.8 Å². The van der Waals surface area contributed by atoms with Crippen LogP contribution in [-0.4, -0.2) is 21.5 Å². The van der Waals surface area contributed by atoms with Gasteiger partial charge in [0.25, 0.3) is 0 Å². The Morgan fingerprint density at radius 2 is 1.80 bits per heavy atom. The normalized spacial score (nSPS) is 10.7. The van der Waals surface area contributed by atoms with Crippen molar-refractivity contribution in [2.24, 2.45) is 0 Å². The Hall–Kier alpha value is -1.03. The third kappa shape index (κ3) is 2.50. The Balaban J connectivity index is 3.25. The van der Waals surface area contributed by atoms with Crippen LogP contribution in [0, 0.1) is 6.92 Å². The van der Waals surface area contributed by atoms with E-state index in [1.165, 1.54) is 0 Å². The molecule has 0 aliphatic carbocycles. The van der Waals surface area contributed by atoms with Gasteiger partial charge in [-0.3, -0.25) is 0 Å². The lowest BCUT2D eigenvalue weighted by Crippen LogP contribution is -2.22. The summed E-state index contributed by atoms with van der Waals surface area (Å²) in [7, 11) is -2.49. The second-order valence-electron chi connectivity index (χ2n) is 3.35. The number of thiol groups is 1. The first-order valence-electron chi connectivity index (χ1n) is 5.10. The van der Waals surface area contributed by atoms with E-state index in [9.17, 15) is 8.42 Å². The molecule has 0 saturated carbocycles. The second kappa shape index (κ2) is 5.16. The molecule has 15 heavy (non-hydrogen) atoms. The molecule has 84 valence electrons. The highest BCUT2D eigenvalue weighted by Crippen LogP contribution is 2.23. The molecular weight excluding hydrogens is 210 g/mol. The quantitative estimate of drug-likeness (QED) is 0.797. The summed E-state index contributed by atoms with van der Waals surface area (Å²) in [5, 5.41) is 0. The molecule has 0 radical (unpaired) electrons. The van der Waals surface area contributed by atoms with Crippen molar-refractivity contribution < 1.29 is 8.42 Å². The van der Waals surface area contributed by atoms with Crippen LogP contribution in [0.15, 0.2) is 23.1 Å². The summed E-state index contributed by atoms with van der Waals surface area (Å²) in [6, 6.07) is 5.40. The predicted molar refractivity (Wildman–Crippen MR) is 63.3 cm³/mol. The zero-order chi connectivity index (χ0) is 11.4. The largest absolute Gasteiger partial charge is 0.372 e. The molecule has 1 rings (SSSR count). The lowest BCUT2D eigenvalue weighted by molar-refractivity contribution is 0.614. The third-order valence-corrected chi connectivity index (χ3v) is 3.46. The van der Waals surface area contributed by atoms with Crippen LogP contribution < -0.4 is 4.90 Å². The fourth-order valence-electron chi connectivity index (χ4n) is 1.72. The summed E-state index contributed by atoms with van der Waals surface area (Å²) in [6.45, 7) is 7.75. The fraction of sp³-hybridized carbons (Fsp3) is 0.455. The molecule has 0 spiro atoms. The molecule has 0 aliphatic heterocycles. The van der Waals surface area contributed by atoms with E-state index in [-0.39, 0.29) is 0 Å². The molecule has 0 amide bonds. The molecule has 3 nitrogen and oxygen atoms in total.